The summed E-state index contributed by atoms with van der Waals surface area (Å²) < 4.78 is 34.3. The van der Waals surface area contributed by atoms with Crippen LogP contribution in [0.2, 0.25) is 0 Å². The van der Waals surface area contributed by atoms with Crippen molar-refractivity contribution in [2.75, 3.05) is 55.7 Å². The summed E-state index contributed by atoms with van der Waals surface area (Å²) in [5.41, 5.74) is 2.01. The first kappa shape index (κ1) is 15.7. The number of amides is 1. The third kappa shape index (κ3) is 3.96. The molecular formula is C22H30N6OS. The molecule has 1 N–H and O–H groups in total. The van der Waals surface area contributed by atoms with E-state index in [-0.39, 0.29) is 11.8 Å². The number of rotatable bonds is 4. The highest BCUT2D eigenvalue weighted by Gasteiger charge is 2.36. The van der Waals surface area contributed by atoms with Crippen molar-refractivity contribution in [1.29, 1.82) is 0 Å². The van der Waals surface area contributed by atoms with Crippen LogP contribution in [0, 0.1) is 6.92 Å². The molecule has 0 aliphatic carbocycles. The Bertz CT molecular complexity index is 1030. The molecule has 7 nitrogen and oxygen atoms in total. The molecule has 0 radical (unpaired) electrons. The molecule has 3 aliphatic heterocycles. The van der Waals surface area contributed by atoms with Gasteiger partial charge in [-0.25, -0.2) is 4.68 Å². The van der Waals surface area contributed by atoms with Crippen molar-refractivity contribution in [2.45, 2.75) is 25.4 Å². The van der Waals surface area contributed by atoms with E-state index in [1.807, 2.05) is 29.8 Å². The van der Waals surface area contributed by atoms with Crippen LogP contribution in [0.15, 0.2) is 36.4 Å². The molecule has 1 aromatic heterocycles. The maximum Gasteiger partial charge on any atom is 0.240 e. The summed E-state index contributed by atoms with van der Waals surface area (Å²) in [4.78, 5) is 18.6. The first-order valence-electron chi connectivity index (χ1n) is 12.5. The van der Waals surface area contributed by atoms with Crippen LogP contribution in [0.4, 0.5) is 5.82 Å². The number of anilines is 1. The minimum Gasteiger partial charge on any atom is -0.354 e. The van der Waals surface area contributed by atoms with Gasteiger partial charge in [0.2, 0.25) is 5.91 Å². The van der Waals surface area contributed by atoms with Crippen LogP contribution in [-0.4, -0.2) is 88.4 Å². The van der Waals surface area contributed by atoms with E-state index in [4.69, 9.17) is 5.48 Å². The van der Waals surface area contributed by atoms with Gasteiger partial charge in [0, 0.05) is 57.1 Å². The second-order valence-electron chi connectivity index (χ2n) is 7.98. The molecule has 1 amide bonds. The SMILES string of the molecule is [2H]C1([2H])CSC([2H])([2H])N1C(=O)C1CC(N2CCN(c3cc(C)nn3-c3ccccc3)CC2)CN1. The first-order valence-corrected chi connectivity index (χ1v) is 11.5. The molecule has 3 fully saturated rings. The van der Waals surface area contributed by atoms with Crippen LogP contribution in [0.1, 0.15) is 17.6 Å². The number of hydrogen-bond acceptors (Lipinski definition) is 6. The largest absolute Gasteiger partial charge is 0.354 e. The van der Waals surface area contributed by atoms with Gasteiger partial charge in [-0.1, -0.05) is 18.2 Å². The quantitative estimate of drug-likeness (QED) is 0.795. The average molecular weight is 431 g/mol. The maximum atomic E-state index is 13.1. The fourth-order valence-corrected chi connectivity index (χ4v) is 5.02. The highest BCUT2D eigenvalue weighted by atomic mass is 32.2. The third-order valence-corrected chi connectivity index (χ3v) is 6.63. The van der Waals surface area contributed by atoms with Crippen LogP contribution in [0.3, 0.4) is 0 Å². The van der Waals surface area contributed by atoms with E-state index in [2.05, 4.69) is 38.4 Å². The van der Waals surface area contributed by atoms with E-state index in [9.17, 15) is 4.79 Å². The number of aryl methyl sites for hydroxylation is 1. The number of hydrogen-bond donors (Lipinski definition) is 1. The van der Waals surface area contributed by atoms with Gasteiger partial charge in [-0.05, 0) is 25.5 Å². The van der Waals surface area contributed by atoms with Crippen LogP contribution >= 0.6 is 11.8 Å². The molecule has 2 aromatic rings. The molecular weight excluding hydrogens is 396 g/mol. The molecule has 160 valence electrons. The highest BCUT2D eigenvalue weighted by molar-refractivity contribution is 7.99. The van der Waals surface area contributed by atoms with Gasteiger partial charge in [0.05, 0.1) is 28.7 Å². The molecule has 2 unspecified atom stereocenters. The summed E-state index contributed by atoms with van der Waals surface area (Å²) >= 11 is 0.843. The third-order valence-electron chi connectivity index (χ3n) is 6.04. The summed E-state index contributed by atoms with van der Waals surface area (Å²) in [6.07, 6.45) is 0.563. The van der Waals surface area contributed by atoms with E-state index in [0.717, 1.165) is 60.0 Å². The van der Waals surface area contributed by atoms with Crippen molar-refractivity contribution in [2.24, 2.45) is 0 Å². The Hall–Kier alpha value is -2.03. The summed E-state index contributed by atoms with van der Waals surface area (Å²) in [5, 5.41) is 7.92. The molecule has 5 rings (SSSR count). The van der Waals surface area contributed by atoms with Crippen LogP contribution in [-0.2, 0) is 4.79 Å². The van der Waals surface area contributed by atoms with E-state index in [1.54, 1.807) is 0 Å². The van der Waals surface area contributed by atoms with E-state index >= 15 is 0 Å². The zero-order valence-corrected chi connectivity index (χ0v) is 17.9. The lowest BCUT2D eigenvalue weighted by Crippen LogP contribution is -2.51. The number of piperazine rings is 1. The summed E-state index contributed by atoms with van der Waals surface area (Å²) in [6, 6.07) is 11.8. The fourth-order valence-electron chi connectivity index (χ4n) is 4.47. The number of para-hydroxylation sites is 1. The van der Waals surface area contributed by atoms with Gasteiger partial charge >= 0.3 is 0 Å². The van der Waals surface area contributed by atoms with E-state index < -0.39 is 24.3 Å². The molecule has 30 heavy (non-hydrogen) atoms. The van der Waals surface area contributed by atoms with Gasteiger partial charge in [-0.3, -0.25) is 9.69 Å². The molecule has 4 heterocycles. The normalized spacial score (nSPS) is 30.6. The Labute approximate surface area is 188 Å². The number of thioether (sulfide) groups is 1. The monoisotopic (exact) mass is 430 g/mol. The molecule has 1 aromatic carbocycles. The smallest absolute Gasteiger partial charge is 0.240 e. The second kappa shape index (κ2) is 8.61. The topological polar surface area (TPSA) is 56.6 Å². The molecule has 3 aliphatic rings. The van der Waals surface area contributed by atoms with Crippen molar-refractivity contribution in [3.05, 3.63) is 42.1 Å². The minimum atomic E-state index is -2.02. The first-order chi connectivity index (χ1) is 16.2. The zero-order valence-electron chi connectivity index (χ0n) is 21.1. The Morgan fingerprint density at radius 3 is 2.77 bits per heavy atom. The lowest BCUT2D eigenvalue weighted by atomic mass is 10.1. The van der Waals surface area contributed by atoms with Crippen molar-refractivity contribution in [3.8, 4) is 5.69 Å². The summed E-state index contributed by atoms with van der Waals surface area (Å²) in [5.74, 6) is -1.48. The molecule has 0 spiro atoms. The maximum absolute atomic E-state index is 13.1. The zero-order chi connectivity index (χ0) is 24.1. The van der Waals surface area contributed by atoms with Gasteiger partial charge in [0.15, 0.2) is 0 Å². The van der Waals surface area contributed by atoms with Gasteiger partial charge in [0.1, 0.15) is 5.82 Å². The van der Waals surface area contributed by atoms with Crippen molar-refractivity contribution >= 4 is 23.5 Å². The molecule has 3 saturated heterocycles. The van der Waals surface area contributed by atoms with Gasteiger partial charge < -0.3 is 15.1 Å². The Morgan fingerprint density at radius 2 is 2.03 bits per heavy atom. The number of nitrogens with zero attached hydrogens (tertiary/aromatic N) is 5. The lowest BCUT2D eigenvalue weighted by Gasteiger charge is -2.38. The number of carbonyl (C=O) groups is 1. The molecule has 8 heteroatoms. The molecule has 0 bridgehead atoms. The standard InChI is InChI=1S/C22H30N6OS/c1-17-13-21(28(24-17)18-5-3-2-4-6-18)26-9-7-25(8-10-26)19-14-20(23-15-19)22(29)27-11-12-30-16-27/h2-6,13,19-20,23H,7-12,14-16H2,1H3/i11D2,16D2. The minimum absolute atomic E-state index is 0.0527. The lowest BCUT2D eigenvalue weighted by molar-refractivity contribution is -0.131. The number of carbonyl (C=O) groups excluding carboxylic acids is 1. The van der Waals surface area contributed by atoms with Gasteiger partial charge in [0.25, 0.3) is 0 Å². The predicted octanol–water partition coefficient (Wildman–Crippen LogP) is 1.57. The van der Waals surface area contributed by atoms with Crippen LogP contribution in [0.5, 0.6) is 0 Å². The number of benzene rings is 1. The highest BCUT2D eigenvalue weighted by Crippen LogP contribution is 2.25. The Kier molecular flexibility index (Phi) is 4.51. The van der Waals surface area contributed by atoms with Crippen molar-refractivity contribution in [1.82, 2.24) is 24.9 Å². The number of aromatic nitrogens is 2. The van der Waals surface area contributed by atoms with Gasteiger partial charge in [-0.2, -0.15) is 5.10 Å². The number of nitrogens with one attached hydrogen (secondary N) is 1. The van der Waals surface area contributed by atoms with Crippen LogP contribution in [0.25, 0.3) is 5.69 Å². The van der Waals surface area contributed by atoms with Crippen molar-refractivity contribution < 1.29 is 10.3 Å². The molecule has 2 atom stereocenters. The molecule has 0 saturated carbocycles. The predicted molar refractivity (Wildman–Crippen MR) is 121 cm³/mol. The fraction of sp³-hybridized carbons (Fsp3) is 0.545. The Balaban J connectivity index is 1.21. The van der Waals surface area contributed by atoms with E-state index in [1.165, 1.54) is 0 Å². The second-order valence-corrected chi connectivity index (χ2v) is 8.74. The van der Waals surface area contributed by atoms with Gasteiger partial charge in [-0.15, -0.1) is 11.8 Å². The summed E-state index contributed by atoms with van der Waals surface area (Å²) in [6.45, 7) is 4.08. The average Bonchev–Trinajstić information content (AvgIpc) is 3.50. The summed E-state index contributed by atoms with van der Waals surface area (Å²) in [7, 11) is 0. The Morgan fingerprint density at radius 1 is 1.23 bits per heavy atom. The van der Waals surface area contributed by atoms with Crippen molar-refractivity contribution in [3.63, 3.8) is 0 Å². The van der Waals surface area contributed by atoms with Crippen LogP contribution < -0.4 is 10.2 Å². The van der Waals surface area contributed by atoms with E-state index in [0.29, 0.717) is 13.0 Å².